The van der Waals surface area contributed by atoms with Crippen LogP contribution in [-0.4, -0.2) is 11.5 Å². The first kappa shape index (κ1) is 6.96. The molecule has 0 saturated carbocycles. The Morgan fingerprint density at radius 2 is 2.00 bits per heavy atom. The van der Waals surface area contributed by atoms with Gasteiger partial charge in [0.2, 0.25) is 0 Å². The Bertz CT molecular complexity index is 314. The first-order valence-electron chi connectivity index (χ1n) is 4.44. The highest BCUT2D eigenvalue weighted by molar-refractivity contribution is 8.04. The Labute approximate surface area is 75.9 Å². The third-order valence-corrected chi connectivity index (χ3v) is 4.24. The van der Waals surface area contributed by atoms with E-state index in [9.17, 15) is 4.79 Å². The summed E-state index contributed by atoms with van der Waals surface area (Å²) in [6, 6.07) is 0. The smallest absolute Gasteiger partial charge is 0.170 e. The number of Topliss-reactive ketones (excluding diaryl/α,β-unsaturated/α-hetero) is 1. The van der Waals surface area contributed by atoms with Crippen LogP contribution in [0.5, 0.6) is 0 Å². The molecule has 4 aliphatic rings. The summed E-state index contributed by atoms with van der Waals surface area (Å²) in [5, 5.41) is 0. The van der Waals surface area contributed by atoms with Gasteiger partial charge in [-0.2, -0.15) is 0 Å². The summed E-state index contributed by atoms with van der Waals surface area (Å²) in [5.74, 6) is 2.18. The maximum Gasteiger partial charge on any atom is 0.170 e. The van der Waals surface area contributed by atoms with Gasteiger partial charge in [0.15, 0.2) is 5.78 Å². The van der Waals surface area contributed by atoms with Crippen LogP contribution in [0.15, 0.2) is 22.6 Å². The zero-order chi connectivity index (χ0) is 8.13. The van der Waals surface area contributed by atoms with Gasteiger partial charge in [-0.25, -0.2) is 0 Å². The van der Waals surface area contributed by atoms with Crippen LogP contribution < -0.4 is 0 Å². The average Bonchev–Trinajstić information content (AvgIpc) is 2.53. The van der Waals surface area contributed by atoms with E-state index in [2.05, 4.69) is 12.2 Å². The molecule has 1 heterocycles. The number of ketones is 1. The van der Waals surface area contributed by atoms with E-state index in [0.717, 1.165) is 0 Å². The molecule has 2 heteroatoms. The number of rotatable bonds is 0. The van der Waals surface area contributed by atoms with E-state index in [1.807, 2.05) is 0 Å². The summed E-state index contributed by atoms with van der Waals surface area (Å²) in [5.41, 5.74) is 1.17. The molecule has 1 aliphatic heterocycles. The van der Waals surface area contributed by atoms with Crippen LogP contribution in [0, 0.1) is 11.8 Å². The minimum atomic E-state index is 0.397. The van der Waals surface area contributed by atoms with Gasteiger partial charge < -0.3 is 0 Å². The number of hydrogen-bond donors (Lipinski definition) is 0. The maximum absolute atomic E-state index is 11.5. The van der Waals surface area contributed by atoms with E-state index in [-0.39, 0.29) is 0 Å². The zero-order valence-corrected chi connectivity index (χ0v) is 7.56. The Morgan fingerprint density at radius 3 is 2.67 bits per heavy atom. The van der Waals surface area contributed by atoms with E-state index < -0.39 is 0 Å². The van der Waals surface area contributed by atoms with Crippen molar-refractivity contribution in [3.8, 4) is 0 Å². The fourth-order valence-corrected chi connectivity index (χ4v) is 3.68. The molecule has 0 aromatic carbocycles. The molecule has 0 aromatic heterocycles. The van der Waals surface area contributed by atoms with Crippen LogP contribution in [0.1, 0.15) is 12.8 Å². The summed E-state index contributed by atoms with van der Waals surface area (Å²) in [4.78, 5) is 12.9. The lowest BCUT2D eigenvalue weighted by molar-refractivity contribution is -0.113. The summed E-state index contributed by atoms with van der Waals surface area (Å²) in [6.07, 6.45) is 6.99. The Morgan fingerprint density at radius 1 is 1.25 bits per heavy atom. The Kier molecular flexibility index (Phi) is 1.31. The van der Waals surface area contributed by atoms with Gasteiger partial charge in [-0.1, -0.05) is 12.2 Å². The Balaban J connectivity index is 2.13. The lowest BCUT2D eigenvalue weighted by atomic mass is 9.75. The standard InChI is InChI=1S/C10H10OS/c11-8-5-12-10-7-3-1-6(2-4-7)9(8)10/h1,3,6-7H,2,4-5H2/t6-,7+/m0/s1. The van der Waals surface area contributed by atoms with E-state index in [4.69, 9.17) is 0 Å². The molecule has 1 nitrogen and oxygen atoms in total. The molecule has 0 radical (unpaired) electrons. The monoisotopic (exact) mass is 178 g/mol. The van der Waals surface area contributed by atoms with E-state index in [0.29, 0.717) is 23.4 Å². The topological polar surface area (TPSA) is 17.1 Å². The lowest BCUT2D eigenvalue weighted by Crippen LogP contribution is -2.21. The summed E-state index contributed by atoms with van der Waals surface area (Å²) in [6.45, 7) is 0. The van der Waals surface area contributed by atoms with Gasteiger partial charge in [0.25, 0.3) is 0 Å². The molecule has 2 bridgehead atoms. The van der Waals surface area contributed by atoms with Gasteiger partial charge in [0.1, 0.15) is 0 Å². The van der Waals surface area contributed by atoms with Crippen LogP contribution >= 0.6 is 11.8 Å². The van der Waals surface area contributed by atoms with Gasteiger partial charge in [-0.15, -0.1) is 11.8 Å². The predicted octanol–water partition coefficient (Wildman–Crippen LogP) is 2.15. The SMILES string of the molecule is O=C1CSC2=C1[C@H]1C=C[C@@H]2CC1. The largest absolute Gasteiger partial charge is 0.294 e. The lowest BCUT2D eigenvalue weighted by Gasteiger charge is -2.31. The van der Waals surface area contributed by atoms with Crippen molar-refractivity contribution in [1.29, 1.82) is 0 Å². The summed E-state index contributed by atoms with van der Waals surface area (Å²) >= 11 is 1.78. The first-order valence-corrected chi connectivity index (χ1v) is 5.43. The minimum Gasteiger partial charge on any atom is -0.294 e. The zero-order valence-electron chi connectivity index (χ0n) is 6.75. The van der Waals surface area contributed by atoms with Gasteiger partial charge in [-0.05, 0) is 17.7 Å². The number of carbonyl (C=O) groups is 1. The second-order valence-corrected chi connectivity index (χ2v) is 4.68. The van der Waals surface area contributed by atoms with Crippen LogP contribution in [0.3, 0.4) is 0 Å². The van der Waals surface area contributed by atoms with E-state index in [1.165, 1.54) is 23.3 Å². The van der Waals surface area contributed by atoms with Gasteiger partial charge in [-0.3, -0.25) is 4.79 Å². The van der Waals surface area contributed by atoms with Crippen molar-refractivity contribution in [2.45, 2.75) is 12.8 Å². The van der Waals surface area contributed by atoms with Crippen LogP contribution in [0.25, 0.3) is 0 Å². The predicted molar refractivity (Wildman–Crippen MR) is 49.8 cm³/mol. The highest BCUT2D eigenvalue weighted by atomic mass is 32.2. The quantitative estimate of drug-likeness (QED) is 0.529. The number of thioether (sulfide) groups is 1. The van der Waals surface area contributed by atoms with Crippen molar-refractivity contribution in [2.24, 2.45) is 11.8 Å². The van der Waals surface area contributed by atoms with Crippen molar-refractivity contribution >= 4 is 17.5 Å². The molecule has 2 atom stereocenters. The molecule has 0 spiro atoms. The molecule has 0 unspecified atom stereocenters. The van der Waals surface area contributed by atoms with E-state index in [1.54, 1.807) is 11.8 Å². The third kappa shape index (κ3) is 0.738. The number of carbonyl (C=O) groups excluding carboxylic acids is 1. The molecule has 0 N–H and O–H groups in total. The molecular weight excluding hydrogens is 168 g/mol. The summed E-state index contributed by atoms with van der Waals surface area (Å²) < 4.78 is 0. The van der Waals surface area contributed by atoms with E-state index >= 15 is 0 Å². The molecule has 0 aromatic rings. The average molecular weight is 178 g/mol. The normalized spacial score (nSPS) is 37.8. The van der Waals surface area contributed by atoms with Crippen molar-refractivity contribution in [2.75, 3.05) is 5.75 Å². The second kappa shape index (κ2) is 2.25. The molecule has 62 valence electrons. The van der Waals surface area contributed by atoms with Crippen LogP contribution in [-0.2, 0) is 4.79 Å². The summed E-state index contributed by atoms with van der Waals surface area (Å²) in [7, 11) is 0. The van der Waals surface area contributed by atoms with Gasteiger partial charge in [0.05, 0.1) is 5.75 Å². The van der Waals surface area contributed by atoms with Crippen LogP contribution in [0.4, 0.5) is 0 Å². The molecule has 0 fully saturated rings. The molecule has 0 amide bonds. The number of hydrogen-bond acceptors (Lipinski definition) is 2. The fraction of sp³-hybridized carbons (Fsp3) is 0.500. The van der Waals surface area contributed by atoms with Crippen molar-refractivity contribution < 1.29 is 4.79 Å². The van der Waals surface area contributed by atoms with Crippen LogP contribution in [0.2, 0.25) is 0 Å². The molecule has 4 rings (SSSR count). The van der Waals surface area contributed by atoms with Gasteiger partial charge >= 0.3 is 0 Å². The van der Waals surface area contributed by atoms with Crippen molar-refractivity contribution in [1.82, 2.24) is 0 Å². The molecular formula is C10H10OS. The maximum atomic E-state index is 11.5. The fourth-order valence-electron chi connectivity index (χ4n) is 2.41. The highest BCUT2D eigenvalue weighted by Crippen LogP contribution is 2.49. The number of fused-ring (bicyclic) bond motifs is 1. The highest BCUT2D eigenvalue weighted by Gasteiger charge is 2.38. The number of allylic oxidation sites excluding steroid dienone is 4. The minimum absolute atomic E-state index is 0.397. The Hall–Kier alpha value is -0.500. The second-order valence-electron chi connectivity index (χ2n) is 3.67. The molecule has 0 saturated heterocycles. The first-order chi connectivity index (χ1) is 5.86. The van der Waals surface area contributed by atoms with Crippen molar-refractivity contribution in [3.63, 3.8) is 0 Å². The molecule has 3 aliphatic carbocycles. The van der Waals surface area contributed by atoms with Crippen molar-refractivity contribution in [3.05, 3.63) is 22.6 Å². The molecule has 12 heavy (non-hydrogen) atoms. The third-order valence-electron chi connectivity index (χ3n) is 3.00. The van der Waals surface area contributed by atoms with Gasteiger partial charge in [0, 0.05) is 17.4 Å².